The zero-order valence-electron chi connectivity index (χ0n) is 8.00. The van der Waals surface area contributed by atoms with Gasteiger partial charge in [0.2, 0.25) is 0 Å². The van der Waals surface area contributed by atoms with E-state index in [9.17, 15) is 4.39 Å². The smallest absolute Gasteiger partial charge is 0.138 e. The Balaban J connectivity index is 1.94. The average molecular weight is 211 g/mol. The number of anilines is 1. The summed E-state index contributed by atoms with van der Waals surface area (Å²) in [6, 6.07) is 4.92. The van der Waals surface area contributed by atoms with E-state index in [4.69, 9.17) is 5.73 Å². The van der Waals surface area contributed by atoms with Crippen molar-refractivity contribution < 1.29 is 4.39 Å². The van der Waals surface area contributed by atoms with Crippen LogP contribution in [0.1, 0.15) is 19.3 Å². The predicted molar refractivity (Wildman–Crippen MR) is 58.9 cm³/mol. The van der Waals surface area contributed by atoms with Gasteiger partial charge in [-0.25, -0.2) is 4.39 Å². The summed E-state index contributed by atoms with van der Waals surface area (Å²) in [6.07, 6.45) is 3.96. The van der Waals surface area contributed by atoms with Gasteiger partial charge in [-0.2, -0.15) is 0 Å². The summed E-state index contributed by atoms with van der Waals surface area (Å²) >= 11 is 1.61. The molecule has 0 atom stereocenters. The number of thioether (sulfide) groups is 1. The molecule has 0 amide bonds. The van der Waals surface area contributed by atoms with Crippen LogP contribution < -0.4 is 5.73 Å². The minimum Gasteiger partial charge on any atom is -0.399 e. The molecule has 0 bridgehead atoms. The minimum atomic E-state index is -0.186. The van der Waals surface area contributed by atoms with Gasteiger partial charge in [0.05, 0.1) is 0 Å². The van der Waals surface area contributed by atoms with Crippen molar-refractivity contribution in [2.75, 3.05) is 11.5 Å². The van der Waals surface area contributed by atoms with E-state index >= 15 is 0 Å². The summed E-state index contributed by atoms with van der Waals surface area (Å²) in [7, 11) is 0. The molecule has 0 saturated heterocycles. The van der Waals surface area contributed by atoms with Crippen molar-refractivity contribution in [1.82, 2.24) is 0 Å². The Bertz CT molecular complexity index is 323. The number of halogens is 1. The standard InChI is InChI=1S/C11H14FNS/c12-10-6-9(13)4-5-11(10)14-7-8-2-1-3-8/h4-6,8H,1-3,7,13H2. The fraction of sp³-hybridized carbons (Fsp3) is 0.455. The molecule has 1 aliphatic rings. The lowest BCUT2D eigenvalue weighted by atomic mass is 9.87. The first kappa shape index (κ1) is 9.84. The van der Waals surface area contributed by atoms with Gasteiger partial charge in [-0.1, -0.05) is 6.42 Å². The van der Waals surface area contributed by atoms with Crippen LogP contribution in [0, 0.1) is 11.7 Å². The quantitative estimate of drug-likeness (QED) is 0.613. The Labute approximate surface area is 87.9 Å². The van der Waals surface area contributed by atoms with Crippen molar-refractivity contribution >= 4 is 17.4 Å². The number of nitrogen functional groups attached to an aromatic ring is 1. The largest absolute Gasteiger partial charge is 0.399 e. The predicted octanol–water partition coefficient (Wildman–Crippen LogP) is 3.30. The lowest BCUT2D eigenvalue weighted by Crippen LogP contribution is -2.13. The fourth-order valence-corrected chi connectivity index (χ4v) is 2.61. The van der Waals surface area contributed by atoms with Crippen LogP contribution in [0.4, 0.5) is 10.1 Å². The lowest BCUT2D eigenvalue weighted by Gasteiger charge is -2.24. The highest BCUT2D eigenvalue weighted by Crippen LogP contribution is 2.33. The molecule has 0 spiro atoms. The van der Waals surface area contributed by atoms with Crippen LogP contribution in [-0.4, -0.2) is 5.75 Å². The Morgan fingerprint density at radius 2 is 2.21 bits per heavy atom. The third kappa shape index (κ3) is 2.21. The Kier molecular flexibility index (Phi) is 2.96. The summed E-state index contributed by atoms with van der Waals surface area (Å²) in [5.74, 6) is 1.66. The first-order chi connectivity index (χ1) is 6.75. The maximum atomic E-state index is 13.3. The highest BCUT2D eigenvalue weighted by molar-refractivity contribution is 7.99. The molecule has 0 aliphatic heterocycles. The SMILES string of the molecule is Nc1ccc(SCC2CCC2)c(F)c1. The topological polar surface area (TPSA) is 26.0 Å². The van der Waals surface area contributed by atoms with Gasteiger partial charge in [0.1, 0.15) is 5.82 Å². The molecule has 2 N–H and O–H groups in total. The van der Waals surface area contributed by atoms with Gasteiger partial charge in [-0.3, -0.25) is 0 Å². The molecular weight excluding hydrogens is 197 g/mol. The third-order valence-electron chi connectivity index (χ3n) is 2.66. The summed E-state index contributed by atoms with van der Waals surface area (Å²) in [4.78, 5) is 0.728. The molecule has 1 aliphatic carbocycles. The third-order valence-corrected chi connectivity index (χ3v) is 3.94. The molecule has 1 aromatic rings. The number of nitrogens with two attached hydrogens (primary N) is 1. The Morgan fingerprint density at radius 1 is 1.43 bits per heavy atom. The van der Waals surface area contributed by atoms with Crippen molar-refractivity contribution in [2.45, 2.75) is 24.2 Å². The summed E-state index contributed by atoms with van der Waals surface area (Å²) in [5, 5.41) is 0. The second-order valence-electron chi connectivity index (χ2n) is 3.80. The zero-order valence-corrected chi connectivity index (χ0v) is 8.82. The van der Waals surface area contributed by atoms with Crippen LogP contribution in [0.25, 0.3) is 0 Å². The Morgan fingerprint density at radius 3 is 2.79 bits per heavy atom. The van der Waals surface area contributed by atoms with Gasteiger partial charge in [-0.05, 0) is 37.0 Å². The maximum absolute atomic E-state index is 13.3. The van der Waals surface area contributed by atoms with E-state index in [1.165, 1.54) is 25.3 Å². The monoisotopic (exact) mass is 211 g/mol. The Hall–Kier alpha value is -0.700. The minimum absolute atomic E-state index is 0.186. The second-order valence-corrected chi connectivity index (χ2v) is 4.86. The molecule has 1 saturated carbocycles. The van der Waals surface area contributed by atoms with Gasteiger partial charge in [0.25, 0.3) is 0 Å². The van der Waals surface area contributed by atoms with Crippen molar-refractivity contribution in [1.29, 1.82) is 0 Å². The van der Waals surface area contributed by atoms with Gasteiger partial charge >= 0.3 is 0 Å². The van der Waals surface area contributed by atoms with E-state index in [-0.39, 0.29) is 5.82 Å². The molecule has 0 heterocycles. The number of hydrogen-bond donors (Lipinski definition) is 1. The van der Waals surface area contributed by atoms with Gasteiger partial charge in [0.15, 0.2) is 0 Å². The fourth-order valence-electron chi connectivity index (χ4n) is 1.50. The van der Waals surface area contributed by atoms with Gasteiger partial charge in [0, 0.05) is 16.3 Å². The molecule has 0 radical (unpaired) electrons. The molecule has 2 rings (SSSR count). The van der Waals surface area contributed by atoms with E-state index in [2.05, 4.69) is 0 Å². The van der Waals surface area contributed by atoms with Crippen LogP contribution in [0.5, 0.6) is 0 Å². The van der Waals surface area contributed by atoms with Gasteiger partial charge in [-0.15, -0.1) is 11.8 Å². The summed E-state index contributed by atoms with van der Waals surface area (Å²) < 4.78 is 13.3. The molecule has 1 fully saturated rings. The molecule has 0 unspecified atom stereocenters. The zero-order chi connectivity index (χ0) is 9.97. The average Bonchev–Trinajstić information content (AvgIpc) is 2.05. The van der Waals surface area contributed by atoms with Crippen LogP contribution in [0.3, 0.4) is 0 Å². The van der Waals surface area contributed by atoms with Crippen molar-refractivity contribution in [3.8, 4) is 0 Å². The lowest BCUT2D eigenvalue weighted by molar-refractivity contribution is 0.353. The normalized spacial score (nSPS) is 16.6. The number of rotatable bonds is 3. The molecule has 14 heavy (non-hydrogen) atoms. The van der Waals surface area contributed by atoms with Crippen molar-refractivity contribution in [3.05, 3.63) is 24.0 Å². The van der Waals surface area contributed by atoms with Crippen molar-refractivity contribution in [3.63, 3.8) is 0 Å². The molecule has 0 aromatic heterocycles. The highest BCUT2D eigenvalue weighted by atomic mass is 32.2. The highest BCUT2D eigenvalue weighted by Gasteiger charge is 2.17. The van der Waals surface area contributed by atoms with Gasteiger partial charge < -0.3 is 5.73 Å². The summed E-state index contributed by atoms with van der Waals surface area (Å²) in [6.45, 7) is 0. The van der Waals surface area contributed by atoms with Crippen LogP contribution in [-0.2, 0) is 0 Å². The number of hydrogen-bond acceptors (Lipinski definition) is 2. The number of benzene rings is 1. The van der Waals surface area contributed by atoms with Crippen LogP contribution in [0.2, 0.25) is 0 Å². The molecule has 76 valence electrons. The van der Waals surface area contributed by atoms with E-state index in [0.29, 0.717) is 5.69 Å². The maximum Gasteiger partial charge on any atom is 0.138 e. The van der Waals surface area contributed by atoms with E-state index in [1.54, 1.807) is 23.9 Å². The molecule has 1 aromatic carbocycles. The van der Waals surface area contributed by atoms with E-state index in [0.717, 1.165) is 16.6 Å². The van der Waals surface area contributed by atoms with E-state index < -0.39 is 0 Å². The second kappa shape index (κ2) is 4.22. The van der Waals surface area contributed by atoms with Crippen molar-refractivity contribution in [2.24, 2.45) is 5.92 Å². The molecule has 3 heteroatoms. The first-order valence-corrected chi connectivity index (χ1v) is 5.92. The summed E-state index contributed by atoms with van der Waals surface area (Å²) in [5.41, 5.74) is 5.97. The van der Waals surface area contributed by atoms with E-state index in [1.807, 2.05) is 0 Å². The van der Waals surface area contributed by atoms with Crippen LogP contribution in [0.15, 0.2) is 23.1 Å². The van der Waals surface area contributed by atoms with Crippen LogP contribution >= 0.6 is 11.8 Å². The molecular formula is C11H14FNS. The first-order valence-electron chi connectivity index (χ1n) is 4.93. The molecule has 1 nitrogen and oxygen atoms in total.